The first-order chi connectivity index (χ1) is 14.0. The molecule has 7 nitrogen and oxygen atoms in total. The lowest BCUT2D eigenvalue weighted by atomic mass is 10.0. The van der Waals surface area contributed by atoms with Crippen LogP contribution >= 0.6 is 0 Å². The molecule has 2 atom stereocenters. The first-order valence-electron chi connectivity index (χ1n) is 9.49. The van der Waals surface area contributed by atoms with E-state index in [2.05, 4.69) is 27.8 Å². The van der Waals surface area contributed by atoms with Gasteiger partial charge in [-0.05, 0) is 54.5 Å². The number of hydrogen-bond acceptors (Lipinski definition) is 5. The Kier molecular flexibility index (Phi) is 5.55. The van der Waals surface area contributed by atoms with Crippen LogP contribution in [-0.4, -0.2) is 31.4 Å². The Morgan fingerprint density at radius 2 is 2.00 bits per heavy atom. The molecule has 2 aromatic carbocycles. The monoisotopic (exact) mass is 410 g/mol. The van der Waals surface area contributed by atoms with E-state index in [9.17, 15) is 9.00 Å². The van der Waals surface area contributed by atoms with Crippen LogP contribution in [0.15, 0.2) is 42.5 Å². The molecule has 1 unspecified atom stereocenters. The normalized spacial score (nSPS) is 15.7. The van der Waals surface area contributed by atoms with Gasteiger partial charge in [0.1, 0.15) is 0 Å². The van der Waals surface area contributed by atoms with Gasteiger partial charge in [0.15, 0.2) is 16.9 Å². The number of carbonyl (C=O) groups is 1. The molecule has 0 saturated heterocycles. The van der Waals surface area contributed by atoms with Gasteiger partial charge in [-0.3, -0.25) is 4.79 Å². The second kappa shape index (κ2) is 8.26. The average molecular weight is 410 g/mol. The highest BCUT2D eigenvalue weighted by Gasteiger charge is 2.29. The van der Waals surface area contributed by atoms with Crippen molar-refractivity contribution in [2.24, 2.45) is 5.92 Å². The number of anilines is 2. The first-order valence-corrected chi connectivity index (χ1v) is 10.8. The number of amides is 1. The van der Waals surface area contributed by atoms with Crippen molar-refractivity contribution in [3.63, 3.8) is 0 Å². The Balaban J connectivity index is 1.73. The minimum absolute atomic E-state index is 0.0923. The lowest BCUT2D eigenvalue weighted by Gasteiger charge is -2.18. The van der Waals surface area contributed by atoms with E-state index in [0.29, 0.717) is 23.7 Å². The number of aromatic nitrogens is 2. The van der Waals surface area contributed by atoms with E-state index in [4.69, 9.17) is 4.55 Å². The smallest absolute Gasteiger partial charge is 0.212 e. The number of carbonyl (C=O) groups excluding carboxylic acids is 1. The zero-order valence-corrected chi connectivity index (χ0v) is 16.8. The average Bonchev–Trinajstić information content (AvgIpc) is 3.54. The Bertz CT molecular complexity index is 1080. The summed E-state index contributed by atoms with van der Waals surface area (Å²) in [7, 11) is 0. The third-order valence-corrected chi connectivity index (χ3v) is 5.79. The zero-order chi connectivity index (χ0) is 20.4. The molecule has 1 saturated carbocycles. The van der Waals surface area contributed by atoms with E-state index in [1.54, 1.807) is 0 Å². The Hall–Kier alpha value is -2.84. The van der Waals surface area contributed by atoms with Crippen LogP contribution < -0.4 is 10.6 Å². The van der Waals surface area contributed by atoms with Gasteiger partial charge in [-0.1, -0.05) is 30.3 Å². The summed E-state index contributed by atoms with van der Waals surface area (Å²) in [6.45, 7) is 2.14. The molecule has 29 heavy (non-hydrogen) atoms. The molecule has 1 heterocycles. The minimum atomic E-state index is -1.88. The fraction of sp³-hybridized carbons (Fsp3) is 0.286. The highest BCUT2D eigenvalue weighted by molar-refractivity contribution is 7.78. The third kappa shape index (κ3) is 4.44. The molecule has 8 heteroatoms. The summed E-state index contributed by atoms with van der Waals surface area (Å²) in [5.74, 6) is 1.15. The van der Waals surface area contributed by atoms with E-state index >= 15 is 0 Å². The van der Waals surface area contributed by atoms with Crippen LogP contribution in [0.4, 0.5) is 11.5 Å². The topological polar surface area (TPSA) is 104 Å². The Morgan fingerprint density at radius 1 is 1.21 bits per heavy atom. The largest absolute Gasteiger partial charge is 0.379 e. The van der Waals surface area contributed by atoms with Gasteiger partial charge in [-0.15, -0.1) is 10.2 Å². The van der Waals surface area contributed by atoms with Crippen molar-refractivity contribution in [1.29, 1.82) is 0 Å². The predicted octanol–water partition coefficient (Wildman–Crippen LogP) is 3.80. The van der Waals surface area contributed by atoms with Crippen LogP contribution in [0.3, 0.4) is 0 Å². The molecule has 3 aromatic rings. The number of nitrogens with one attached hydrogen (secondary N) is 2. The molecule has 1 aliphatic rings. The molecule has 4 rings (SSSR count). The molecule has 1 aliphatic carbocycles. The zero-order valence-electron chi connectivity index (χ0n) is 16.0. The van der Waals surface area contributed by atoms with Gasteiger partial charge in [-0.2, -0.15) is 0 Å². The first kappa shape index (κ1) is 19.5. The molecule has 1 amide bonds. The molecular weight excluding hydrogens is 388 g/mol. The number of rotatable bonds is 8. The van der Waals surface area contributed by atoms with Crippen LogP contribution in [0.2, 0.25) is 0 Å². The van der Waals surface area contributed by atoms with Gasteiger partial charge < -0.3 is 15.2 Å². The van der Waals surface area contributed by atoms with Crippen LogP contribution in [0.1, 0.15) is 25.3 Å². The second-order valence-corrected chi connectivity index (χ2v) is 8.29. The van der Waals surface area contributed by atoms with Gasteiger partial charge in [0.05, 0.1) is 17.0 Å². The summed E-state index contributed by atoms with van der Waals surface area (Å²) in [6.07, 6.45) is 3.02. The van der Waals surface area contributed by atoms with E-state index < -0.39 is 11.1 Å². The summed E-state index contributed by atoms with van der Waals surface area (Å²) in [5, 5.41) is 15.5. The van der Waals surface area contributed by atoms with Crippen molar-refractivity contribution < 1.29 is 13.6 Å². The number of fused-ring (bicyclic) bond motifs is 1. The van der Waals surface area contributed by atoms with Crippen LogP contribution in [-0.2, 0) is 21.6 Å². The summed E-state index contributed by atoms with van der Waals surface area (Å²) in [5.41, 5.74) is 4.15. The van der Waals surface area contributed by atoms with E-state index in [-0.39, 0.29) is 11.8 Å². The molecular formula is C21H22N4O3S. The molecule has 0 aliphatic heterocycles. The van der Waals surface area contributed by atoms with Crippen LogP contribution in [0.25, 0.3) is 22.0 Å². The lowest BCUT2D eigenvalue weighted by molar-refractivity contribution is -0.105. The van der Waals surface area contributed by atoms with Crippen molar-refractivity contribution >= 4 is 39.9 Å². The second-order valence-electron chi connectivity index (χ2n) is 7.35. The number of nitrogens with zero attached hydrogens (tertiary/aromatic N) is 2. The lowest BCUT2D eigenvalue weighted by Crippen LogP contribution is -2.19. The molecule has 3 N–H and O–H groups in total. The van der Waals surface area contributed by atoms with Crippen LogP contribution in [0, 0.1) is 5.92 Å². The minimum Gasteiger partial charge on any atom is -0.379 e. The van der Waals surface area contributed by atoms with Gasteiger partial charge in [0.25, 0.3) is 0 Å². The third-order valence-electron chi connectivity index (χ3n) is 5.21. The van der Waals surface area contributed by atoms with Crippen molar-refractivity contribution in [3.8, 4) is 11.1 Å². The summed E-state index contributed by atoms with van der Waals surface area (Å²) in [4.78, 5) is 11.0. The van der Waals surface area contributed by atoms with Crippen LogP contribution in [0.5, 0.6) is 0 Å². The van der Waals surface area contributed by atoms with Crippen molar-refractivity contribution in [3.05, 3.63) is 48.0 Å². The fourth-order valence-electron chi connectivity index (χ4n) is 3.51. The Labute approximate surface area is 171 Å². The highest BCUT2D eigenvalue weighted by Crippen LogP contribution is 2.37. The quantitative estimate of drug-likeness (QED) is 0.385. The highest BCUT2D eigenvalue weighted by atomic mass is 32.2. The summed E-state index contributed by atoms with van der Waals surface area (Å²) < 4.78 is 20.2. The molecule has 150 valence electrons. The molecule has 0 spiro atoms. The van der Waals surface area contributed by atoms with E-state index in [1.807, 2.05) is 42.5 Å². The molecule has 1 fully saturated rings. The summed E-state index contributed by atoms with van der Waals surface area (Å²) >= 11 is -1.88. The molecule has 0 bridgehead atoms. The van der Waals surface area contributed by atoms with Gasteiger partial charge >= 0.3 is 0 Å². The summed E-state index contributed by atoms with van der Waals surface area (Å²) in [6, 6.07) is 13.7. The fourth-order valence-corrected chi connectivity index (χ4v) is 3.98. The maximum absolute atomic E-state index is 11.1. The van der Waals surface area contributed by atoms with Gasteiger partial charge in [0, 0.05) is 11.4 Å². The Morgan fingerprint density at radius 3 is 2.72 bits per heavy atom. The van der Waals surface area contributed by atoms with Crippen molar-refractivity contribution in [2.45, 2.75) is 31.6 Å². The number of hydrogen-bond donors (Lipinski definition) is 3. The van der Waals surface area contributed by atoms with E-state index in [1.165, 1.54) is 12.8 Å². The maximum Gasteiger partial charge on any atom is 0.212 e. The van der Waals surface area contributed by atoms with Gasteiger partial charge in [-0.25, -0.2) is 4.21 Å². The van der Waals surface area contributed by atoms with E-state index in [0.717, 1.165) is 27.8 Å². The predicted molar refractivity (Wildman–Crippen MR) is 115 cm³/mol. The van der Waals surface area contributed by atoms with Gasteiger partial charge in [0.2, 0.25) is 6.41 Å². The molecule has 0 radical (unpaired) electrons. The SMILES string of the molecule is C[C@@H](Nc1c(NC=O)nnc2cc(-c3cccc(CS(=O)O)c3)ccc12)C1CC1. The standard InChI is InChI=1S/C21H22N4O3S/c1-13(15-5-6-15)23-20-18-8-7-17(10-19(18)24-25-21(20)22-12-26)16-4-2-3-14(9-16)11-29(27)28/h2-4,7-10,12-13,15H,5-6,11H2,1H3,(H,23,24)(H,27,28)(H,22,25,26)/t13-/m1/s1. The maximum atomic E-state index is 11.1. The molecule has 1 aromatic heterocycles. The van der Waals surface area contributed by atoms with Crippen molar-refractivity contribution in [2.75, 3.05) is 10.6 Å². The number of benzene rings is 2. The van der Waals surface area contributed by atoms with Crippen molar-refractivity contribution in [1.82, 2.24) is 10.2 Å².